The molecule has 3 saturated heterocycles. The van der Waals surface area contributed by atoms with Crippen molar-refractivity contribution in [2.75, 3.05) is 27.4 Å². The Kier molecular flexibility index (Phi) is 6.42. The van der Waals surface area contributed by atoms with Gasteiger partial charge in [-0.15, -0.1) is 0 Å². The highest BCUT2D eigenvalue weighted by atomic mass is 16.5. The standard InChI is InChI=1S/C25H31NO5/c1-17(24(28)30-3)22-20-15-21(31-16-18-9-5-4-6-10-18)25(12-7-8-14-29-2)19(23(22)27)11-13-26(20)25/h4-10,19-21H,11-16H2,1-3H3/b8-7+,22-17-. The van der Waals surface area contributed by atoms with Crippen LogP contribution < -0.4 is 0 Å². The molecule has 6 heteroatoms. The number of benzene rings is 1. The number of methoxy groups -OCH3 is 2. The second-order valence-electron chi connectivity index (χ2n) is 8.59. The Morgan fingerprint density at radius 3 is 2.71 bits per heavy atom. The van der Waals surface area contributed by atoms with Gasteiger partial charge in [-0.2, -0.15) is 0 Å². The molecule has 0 spiro atoms. The summed E-state index contributed by atoms with van der Waals surface area (Å²) >= 11 is 0. The molecular weight excluding hydrogens is 394 g/mol. The highest BCUT2D eigenvalue weighted by Crippen LogP contribution is 2.56. The molecular formula is C25H31NO5. The number of piperidine rings is 1. The molecule has 5 atom stereocenters. The molecule has 0 saturated carbocycles. The molecule has 0 amide bonds. The van der Waals surface area contributed by atoms with E-state index in [0.29, 0.717) is 30.8 Å². The number of ether oxygens (including phenoxy) is 3. The summed E-state index contributed by atoms with van der Waals surface area (Å²) in [6.07, 6.45) is 6.25. The van der Waals surface area contributed by atoms with Crippen molar-refractivity contribution in [2.24, 2.45) is 5.92 Å². The highest BCUT2D eigenvalue weighted by molar-refractivity contribution is 6.07. The zero-order valence-corrected chi connectivity index (χ0v) is 18.5. The predicted molar refractivity (Wildman–Crippen MR) is 116 cm³/mol. The molecule has 31 heavy (non-hydrogen) atoms. The molecule has 3 heterocycles. The summed E-state index contributed by atoms with van der Waals surface area (Å²) in [5, 5.41) is 0. The Morgan fingerprint density at radius 1 is 1.23 bits per heavy atom. The van der Waals surface area contributed by atoms with Gasteiger partial charge in [0.2, 0.25) is 0 Å². The van der Waals surface area contributed by atoms with E-state index in [1.165, 1.54) is 7.11 Å². The fourth-order valence-electron chi connectivity index (χ4n) is 5.81. The van der Waals surface area contributed by atoms with E-state index in [9.17, 15) is 9.59 Å². The number of hydrogen-bond acceptors (Lipinski definition) is 6. The van der Waals surface area contributed by atoms with E-state index in [4.69, 9.17) is 14.2 Å². The number of esters is 1. The largest absolute Gasteiger partial charge is 0.466 e. The lowest BCUT2D eigenvalue weighted by Gasteiger charge is -2.45. The van der Waals surface area contributed by atoms with Gasteiger partial charge in [0.05, 0.1) is 32.0 Å². The summed E-state index contributed by atoms with van der Waals surface area (Å²) < 4.78 is 16.6. The molecule has 3 fully saturated rings. The van der Waals surface area contributed by atoms with E-state index >= 15 is 0 Å². The van der Waals surface area contributed by atoms with Crippen LogP contribution >= 0.6 is 0 Å². The first-order valence-electron chi connectivity index (χ1n) is 10.9. The summed E-state index contributed by atoms with van der Waals surface area (Å²) in [5.74, 6) is -0.522. The number of nitrogens with zero attached hydrogens (tertiary/aromatic N) is 1. The minimum Gasteiger partial charge on any atom is -0.466 e. The molecule has 1 aromatic carbocycles. The van der Waals surface area contributed by atoms with Crippen LogP contribution in [-0.2, 0) is 30.4 Å². The van der Waals surface area contributed by atoms with Crippen molar-refractivity contribution in [2.45, 2.75) is 50.5 Å². The predicted octanol–water partition coefficient (Wildman–Crippen LogP) is 3.07. The van der Waals surface area contributed by atoms with E-state index in [0.717, 1.165) is 24.9 Å². The van der Waals surface area contributed by atoms with E-state index in [1.54, 1.807) is 14.0 Å². The summed E-state index contributed by atoms with van der Waals surface area (Å²) in [4.78, 5) is 28.3. The van der Waals surface area contributed by atoms with Crippen LogP contribution in [0.5, 0.6) is 0 Å². The first kappa shape index (κ1) is 21.9. The number of hydrogen-bond donors (Lipinski definition) is 0. The monoisotopic (exact) mass is 425 g/mol. The maximum absolute atomic E-state index is 13.6. The molecule has 5 unspecified atom stereocenters. The summed E-state index contributed by atoms with van der Waals surface area (Å²) in [7, 11) is 3.03. The number of ketones is 1. The zero-order valence-electron chi connectivity index (χ0n) is 18.5. The van der Waals surface area contributed by atoms with E-state index in [2.05, 4.69) is 23.1 Å². The van der Waals surface area contributed by atoms with Crippen molar-refractivity contribution in [1.29, 1.82) is 0 Å². The lowest BCUT2D eigenvalue weighted by Crippen LogP contribution is -2.58. The molecule has 6 nitrogen and oxygen atoms in total. The highest BCUT2D eigenvalue weighted by Gasteiger charge is 2.67. The van der Waals surface area contributed by atoms with Crippen molar-refractivity contribution >= 4 is 11.8 Å². The Hall–Kier alpha value is -2.28. The summed E-state index contributed by atoms with van der Waals surface area (Å²) in [6.45, 7) is 3.59. The number of carbonyl (C=O) groups is 2. The van der Waals surface area contributed by atoms with Crippen molar-refractivity contribution < 1.29 is 23.8 Å². The smallest absolute Gasteiger partial charge is 0.333 e. The second kappa shape index (κ2) is 9.07. The molecule has 0 N–H and O–H groups in total. The van der Waals surface area contributed by atoms with Gasteiger partial charge < -0.3 is 14.2 Å². The van der Waals surface area contributed by atoms with Gasteiger partial charge in [-0.05, 0) is 31.7 Å². The fourth-order valence-corrected chi connectivity index (χ4v) is 5.81. The quantitative estimate of drug-likeness (QED) is 0.362. The van der Waals surface area contributed by atoms with E-state index < -0.39 is 5.97 Å². The van der Waals surface area contributed by atoms with Gasteiger partial charge in [-0.25, -0.2) is 4.79 Å². The average molecular weight is 426 g/mol. The molecule has 3 aliphatic heterocycles. The zero-order chi connectivity index (χ0) is 22.0. The first-order chi connectivity index (χ1) is 15.0. The topological polar surface area (TPSA) is 65.1 Å². The number of Topliss-reactive ketones (excluding diaryl/α,β-unsaturated/α-hetero) is 1. The van der Waals surface area contributed by atoms with Gasteiger partial charge in [0, 0.05) is 36.8 Å². The van der Waals surface area contributed by atoms with Crippen LogP contribution in [0, 0.1) is 5.92 Å². The molecule has 4 rings (SSSR count). The third kappa shape index (κ3) is 3.67. The first-order valence-corrected chi connectivity index (χ1v) is 10.9. The maximum Gasteiger partial charge on any atom is 0.333 e. The summed E-state index contributed by atoms with van der Waals surface area (Å²) in [5.41, 5.74) is 1.79. The Bertz CT molecular complexity index is 892. The van der Waals surface area contributed by atoms with Gasteiger partial charge in [-0.1, -0.05) is 42.5 Å². The lowest BCUT2D eigenvalue weighted by atomic mass is 9.73. The van der Waals surface area contributed by atoms with Crippen molar-refractivity contribution in [3.63, 3.8) is 0 Å². The molecule has 0 aliphatic carbocycles. The van der Waals surface area contributed by atoms with Gasteiger partial charge in [-0.3, -0.25) is 9.69 Å². The Morgan fingerprint density at radius 2 is 2.00 bits per heavy atom. The molecule has 0 aromatic heterocycles. The fraction of sp³-hybridized carbons (Fsp3) is 0.520. The third-order valence-corrected chi connectivity index (χ3v) is 7.15. The van der Waals surface area contributed by atoms with Crippen molar-refractivity contribution in [3.8, 4) is 0 Å². The van der Waals surface area contributed by atoms with Gasteiger partial charge in [0.15, 0.2) is 5.78 Å². The van der Waals surface area contributed by atoms with E-state index in [1.807, 2.05) is 24.3 Å². The number of rotatable bonds is 8. The molecule has 0 radical (unpaired) electrons. The molecule has 166 valence electrons. The molecule has 3 aliphatic rings. The average Bonchev–Trinajstić information content (AvgIpc) is 3.23. The minimum atomic E-state index is -0.426. The molecule has 4 bridgehead atoms. The van der Waals surface area contributed by atoms with Gasteiger partial charge in [0.25, 0.3) is 0 Å². The van der Waals surface area contributed by atoms with Crippen molar-refractivity contribution in [1.82, 2.24) is 4.90 Å². The Balaban J connectivity index is 1.69. The van der Waals surface area contributed by atoms with Crippen LogP contribution in [0.25, 0.3) is 0 Å². The summed E-state index contributed by atoms with van der Waals surface area (Å²) in [6, 6.07) is 10.0. The van der Waals surface area contributed by atoms with Crippen LogP contribution in [-0.4, -0.2) is 61.7 Å². The van der Waals surface area contributed by atoms with Gasteiger partial charge >= 0.3 is 5.97 Å². The van der Waals surface area contributed by atoms with Crippen LogP contribution in [0.1, 0.15) is 31.7 Å². The Labute approximate surface area is 183 Å². The van der Waals surface area contributed by atoms with Crippen LogP contribution in [0.2, 0.25) is 0 Å². The molecule has 1 aromatic rings. The van der Waals surface area contributed by atoms with Crippen LogP contribution in [0.4, 0.5) is 0 Å². The minimum absolute atomic E-state index is 0.0904. The third-order valence-electron chi connectivity index (χ3n) is 7.15. The normalized spacial score (nSPS) is 33.2. The maximum atomic E-state index is 13.6. The number of carbonyl (C=O) groups excluding carboxylic acids is 2. The van der Waals surface area contributed by atoms with Crippen molar-refractivity contribution in [3.05, 3.63) is 59.2 Å². The lowest BCUT2D eigenvalue weighted by molar-refractivity contribution is -0.137. The van der Waals surface area contributed by atoms with Crippen LogP contribution in [0.3, 0.4) is 0 Å². The van der Waals surface area contributed by atoms with Gasteiger partial charge in [0.1, 0.15) is 0 Å². The second-order valence-corrected chi connectivity index (χ2v) is 8.59. The SMILES string of the molecule is COC/C=C/CC12C(OCc3ccccc3)CC3/C(=C(\C)C(=O)OC)C(=O)C1CCN32. The van der Waals surface area contributed by atoms with E-state index in [-0.39, 0.29) is 29.4 Å². The van der Waals surface area contributed by atoms with Crippen LogP contribution in [0.15, 0.2) is 53.6 Å².